The van der Waals surface area contributed by atoms with E-state index in [4.69, 9.17) is 19.2 Å². The van der Waals surface area contributed by atoms with Crippen molar-refractivity contribution in [2.45, 2.75) is 51.0 Å². The third-order valence-corrected chi connectivity index (χ3v) is 11.5. The molecule has 5 aromatic rings. The predicted molar refractivity (Wildman–Crippen MR) is 244 cm³/mol. The average molecular weight is 857 g/mol. The number of hydrogen-bond donors (Lipinski definition) is 4. The van der Waals surface area contributed by atoms with Crippen LogP contribution in [0.15, 0.2) is 90.2 Å². The summed E-state index contributed by atoms with van der Waals surface area (Å²) in [5.74, 6) is 0.803. The van der Waals surface area contributed by atoms with Gasteiger partial charge in [-0.15, -0.1) is 0 Å². The van der Waals surface area contributed by atoms with E-state index in [9.17, 15) is 19.2 Å². The molecule has 0 spiro atoms. The van der Waals surface area contributed by atoms with Crippen LogP contribution in [0.2, 0.25) is 0 Å². The number of aliphatic imine (C=N–C) groups is 1. The van der Waals surface area contributed by atoms with Gasteiger partial charge >= 0.3 is 0 Å². The predicted octanol–water partition coefficient (Wildman–Crippen LogP) is 6.72. The van der Waals surface area contributed by atoms with Crippen molar-refractivity contribution in [1.82, 2.24) is 24.7 Å². The van der Waals surface area contributed by atoms with Gasteiger partial charge in [0.15, 0.2) is 11.5 Å². The molecule has 15 heteroatoms. The van der Waals surface area contributed by atoms with Crippen LogP contribution in [0, 0.1) is 0 Å². The van der Waals surface area contributed by atoms with Gasteiger partial charge < -0.3 is 49.5 Å². The summed E-state index contributed by atoms with van der Waals surface area (Å²) >= 11 is 0. The lowest BCUT2D eigenvalue weighted by molar-refractivity contribution is -0.116. The molecule has 2 unspecified atom stereocenters. The highest BCUT2D eigenvalue weighted by atomic mass is 16.5. The second kappa shape index (κ2) is 19.5. The molecule has 1 saturated heterocycles. The van der Waals surface area contributed by atoms with Crippen molar-refractivity contribution in [1.29, 1.82) is 0 Å². The monoisotopic (exact) mass is 856 g/mol. The Balaban J connectivity index is 0.893. The molecular formula is C48H56N8O7. The highest BCUT2D eigenvalue weighted by molar-refractivity contribution is 6.05. The molecule has 63 heavy (non-hydrogen) atoms. The minimum Gasteiger partial charge on any atom is -0.493 e. The van der Waals surface area contributed by atoms with Gasteiger partial charge in [-0.3, -0.25) is 24.2 Å². The van der Waals surface area contributed by atoms with Crippen LogP contribution in [0.3, 0.4) is 0 Å². The molecular weight excluding hydrogens is 801 g/mol. The SMILES string of the molecule is CCCNCCOc1ccc(C2(C)CC3C=Nc4cc(OCCCC(=O)Nc5cc(C(=O)Nc6ccc(-c7cc(C(=O)NC)n(C)c7)cc6)n(C)c5)c(OC)cc4C(=O)N3C2)cc1. The van der Waals surface area contributed by atoms with Crippen LogP contribution in [-0.2, 0) is 24.3 Å². The maximum Gasteiger partial charge on any atom is 0.272 e. The van der Waals surface area contributed by atoms with Crippen LogP contribution < -0.4 is 35.5 Å². The maximum absolute atomic E-state index is 14.0. The Kier molecular flexibility index (Phi) is 13.6. The van der Waals surface area contributed by atoms with E-state index >= 15 is 0 Å². The lowest BCUT2D eigenvalue weighted by Gasteiger charge is -2.26. The minimum atomic E-state index is -0.334. The first kappa shape index (κ1) is 44.2. The Morgan fingerprint density at radius 1 is 0.825 bits per heavy atom. The Labute approximate surface area is 367 Å². The third-order valence-electron chi connectivity index (χ3n) is 11.5. The molecule has 2 aromatic heterocycles. The molecule has 4 amide bonds. The smallest absolute Gasteiger partial charge is 0.272 e. The molecule has 3 aromatic carbocycles. The topological polar surface area (TPSA) is 170 Å². The summed E-state index contributed by atoms with van der Waals surface area (Å²) in [7, 11) is 6.67. The van der Waals surface area contributed by atoms with Crippen LogP contribution in [-0.4, -0.2) is 96.9 Å². The summed E-state index contributed by atoms with van der Waals surface area (Å²) in [6.07, 6.45) is 7.79. The van der Waals surface area contributed by atoms with Gasteiger partial charge in [-0.2, -0.15) is 0 Å². The number of carbonyl (C=O) groups is 4. The molecule has 0 bridgehead atoms. The summed E-state index contributed by atoms with van der Waals surface area (Å²) in [6.45, 7) is 7.45. The summed E-state index contributed by atoms with van der Waals surface area (Å²) in [5, 5.41) is 11.8. The van der Waals surface area contributed by atoms with Crippen molar-refractivity contribution in [3.63, 3.8) is 0 Å². The van der Waals surface area contributed by atoms with E-state index in [2.05, 4.69) is 47.2 Å². The van der Waals surface area contributed by atoms with Gasteiger partial charge in [0.25, 0.3) is 17.7 Å². The summed E-state index contributed by atoms with van der Waals surface area (Å²) in [6, 6.07) is 22.2. The van der Waals surface area contributed by atoms with Crippen molar-refractivity contribution in [3.8, 4) is 28.4 Å². The molecule has 2 aliphatic heterocycles. The van der Waals surface area contributed by atoms with Gasteiger partial charge in [0.05, 0.1) is 36.7 Å². The van der Waals surface area contributed by atoms with E-state index in [1.807, 2.05) is 54.7 Å². The van der Waals surface area contributed by atoms with E-state index in [-0.39, 0.29) is 48.1 Å². The number of nitrogens with one attached hydrogen (secondary N) is 4. The number of anilines is 2. The molecule has 2 aliphatic rings. The largest absolute Gasteiger partial charge is 0.493 e. The molecule has 0 aliphatic carbocycles. The van der Waals surface area contributed by atoms with Crippen molar-refractivity contribution in [3.05, 3.63) is 108 Å². The number of fused-ring (bicyclic) bond motifs is 2. The average Bonchev–Trinajstić information content (AvgIpc) is 3.95. The maximum atomic E-state index is 14.0. The number of hydrogen-bond acceptors (Lipinski definition) is 9. The van der Waals surface area contributed by atoms with Crippen molar-refractivity contribution >= 4 is 46.9 Å². The summed E-state index contributed by atoms with van der Waals surface area (Å²) < 4.78 is 21.1. The number of aryl methyl sites for hydroxylation is 2. The standard InChI is InChI=1S/C48H56N8O7/c1-7-18-50-19-21-62-37-16-12-33(13-17-37)48(2)26-36-27-51-39-25-43(42(61-6)24-38(39)47(60)56(36)30-48)63-20-8-9-44(57)52-35-23-41(55(5)29-35)46(59)53-34-14-10-31(11-15-34)32-22-40(45(58)49-3)54(4)28-32/h10-17,22-25,27-29,36,50H,7-9,18-21,26,30H2,1-6H3,(H,49,58)(H,52,57)(H,53,59). The lowest BCUT2D eigenvalue weighted by Crippen LogP contribution is -2.36. The fraction of sp³-hybridized carbons (Fsp3) is 0.354. The number of rotatable bonds is 18. The zero-order valence-corrected chi connectivity index (χ0v) is 36.7. The van der Waals surface area contributed by atoms with Crippen LogP contribution >= 0.6 is 0 Å². The highest BCUT2D eigenvalue weighted by Gasteiger charge is 2.45. The molecule has 0 saturated carbocycles. The number of ether oxygens (including phenoxy) is 3. The van der Waals surface area contributed by atoms with Crippen molar-refractivity contribution in [2.75, 3.05) is 57.6 Å². The Bertz CT molecular complexity index is 2490. The number of amides is 4. The van der Waals surface area contributed by atoms with E-state index in [0.717, 1.165) is 48.4 Å². The molecule has 7 rings (SSSR count). The Morgan fingerprint density at radius 3 is 2.30 bits per heavy atom. The fourth-order valence-corrected chi connectivity index (χ4v) is 8.13. The van der Waals surface area contributed by atoms with Crippen LogP contribution in [0.25, 0.3) is 11.1 Å². The zero-order chi connectivity index (χ0) is 44.7. The first-order valence-corrected chi connectivity index (χ1v) is 21.3. The quantitative estimate of drug-likeness (QED) is 0.0705. The molecule has 4 heterocycles. The molecule has 0 radical (unpaired) electrons. The van der Waals surface area contributed by atoms with E-state index in [0.29, 0.717) is 65.1 Å². The minimum absolute atomic E-state index is 0.115. The van der Waals surface area contributed by atoms with Crippen molar-refractivity contribution in [2.24, 2.45) is 19.1 Å². The zero-order valence-electron chi connectivity index (χ0n) is 36.7. The van der Waals surface area contributed by atoms with Crippen LogP contribution in [0.1, 0.15) is 76.4 Å². The molecule has 15 nitrogen and oxygen atoms in total. The third kappa shape index (κ3) is 10.1. The van der Waals surface area contributed by atoms with E-state index in [1.165, 1.54) is 7.11 Å². The molecule has 2 atom stereocenters. The lowest BCUT2D eigenvalue weighted by atomic mass is 9.80. The fourth-order valence-electron chi connectivity index (χ4n) is 8.13. The number of methoxy groups -OCH3 is 1. The normalized spacial score (nSPS) is 16.5. The van der Waals surface area contributed by atoms with Gasteiger partial charge in [0, 0.05) is 82.0 Å². The highest BCUT2D eigenvalue weighted by Crippen LogP contribution is 2.43. The van der Waals surface area contributed by atoms with Crippen LogP contribution in [0.4, 0.5) is 17.1 Å². The van der Waals surface area contributed by atoms with Gasteiger partial charge in [0.2, 0.25) is 5.91 Å². The number of benzene rings is 3. The Hall–Kier alpha value is -6.87. The second-order valence-electron chi connectivity index (χ2n) is 16.2. The molecule has 4 N–H and O–H groups in total. The van der Waals surface area contributed by atoms with Gasteiger partial charge in [-0.1, -0.05) is 38.1 Å². The first-order chi connectivity index (χ1) is 30.4. The summed E-state index contributed by atoms with van der Waals surface area (Å²) in [4.78, 5) is 58.9. The number of nitrogens with zero attached hydrogens (tertiary/aromatic N) is 4. The molecule has 1 fully saturated rings. The van der Waals surface area contributed by atoms with Gasteiger partial charge in [-0.25, -0.2) is 0 Å². The summed E-state index contributed by atoms with van der Waals surface area (Å²) in [5.41, 5.74) is 5.60. The van der Waals surface area contributed by atoms with Crippen LogP contribution in [0.5, 0.6) is 17.2 Å². The van der Waals surface area contributed by atoms with E-state index in [1.54, 1.807) is 59.8 Å². The van der Waals surface area contributed by atoms with E-state index < -0.39 is 0 Å². The van der Waals surface area contributed by atoms with Gasteiger partial charge in [-0.05, 0) is 79.4 Å². The number of aromatic nitrogens is 2. The number of carbonyl (C=O) groups excluding carboxylic acids is 4. The molecule has 330 valence electrons. The van der Waals surface area contributed by atoms with Gasteiger partial charge in [0.1, 0.15) is 23.7 Å². The van der Waals surface area contributed by atoms with Crippen molar-refractivity contribution < 1.29 is 33.4 Å². The second-order valence-corrected chi connectivity index (χ2v) is 16.2. The Morgan fingerprint density at radius 2 is 1.57 bits per heavy atom. The first-order valence-electron chi connectivity index (χ1n) is 21.3.